The highest BCUT2D eigenvalue weighted by atomic mass is 31.2. The molecule has 2 unspecified atom stereocenters. The van der Waals surface area contributed by atoms with E-state index in [9.17, 15) is 4.79 Å². The van der Waals surface area contributed by atoms with Crippen molar-refractivity contribution in [1.82, 2.24) is 5.32 Å². The van der Waals surface area contributed by atoms with E-state index >= 15 is 0 Å². The van der Waals surface area contributed by atoms with Crippen molar-refractivity contribution >= 4 is 14.7 Å². The van der Waals surface area contributed by atoms with Crippen LogP contribution in [0.15, 0.2) is 30.3 Å². The molecule has 0 fully saturated rings. The third-order valence-corrected chi connectivity index (χ3v) is 2.75. The predicted octanol–water partition coefficient (Wildman–Crippen LogP) is 2.14. The Bertz CT molecular complexity index is 362. The van der Waals surface area contributed by atoms with Gasteiger partial charge >= 0.3 is 14.7 Å². The lowest BCUT2D eigenvalue weighted by Crippen LogP contribution is -2.34. The summed E-state index contributed by atoms with van der Waals surface area (Å²) < 4.78 is 14.4. The van der Waals surface area contributed by atoms with E-state index < -0.39 is 20.9 Å². The van der Waals surface area contributed by atoms with Crippen molar-refractivity contribution < 1.29 is 23.5 Å². The SMILES string of the molecule is COP(O)OC(C)NC(=O)OCc1ccccc1. The van der Waals surface area contributed by atoms with Gasteiger partial charge in [-0.1, -0.05) is 30.3 Å². The number of hydrogen-bond acceptors (Lipinski definition) is 5. The van der Waals surface area contributed by atoms with Crippen LogP contribution in [0.25, 0.3) is 0 Å². The van der Waals surface area contributed by atoms with Crippen LogP contribution in [0.5, 0.6) is 0 Å². The second-order valence-electron chi connectivity index (χ2n) is 3.37. The quantitative estimate of drug-likeness (QED) is 0.613. The van der Waals surface area contributed by atoms with Crippen molar-refractivity contribution in [3.8, 4) is 0 Å². The van der Waals surface area contributed by atoms with Crippen molar-refractivity contribution in [2.75, 3.05) is 7.11 Å². The summed E-state index contributed by atoms with van der Waals surface area (Å²) >= 11 is 0. The van der Waals surface area contributed by atoms with E-state index in [0.717, 1.165) is 5.56 Å². The molecule has 0 aliphatic rings. The maximum Gasteiger partial charge on any atom is 0.409 e. The van der Waals surface area contributed by atoms with Gasteiger partial charge in [0, 0.05) is 7.11 Å². The van der Waals surface area contributed by atoms with Gasteiger partial charge in [-0.3, -0.25) is 9.84 Å². The Balaban J connectivity index is 2.25. The minimum atomic E-state index is -1.97. The number of carbonyl (C=O) groups excluding carboxylic acids is 1. The third kappa shape index (κ3) is 5.93. The third-order valence-electron chi connectivity index (χ3n) is 1.94. The van der Waals surface area contributed by atoms with Crippen LogP contribution in [0.1, 0.15) is 12.5 Å². The first-order chi connectivity index (χ1) is 8.61. The Morgan fingerprint density at radius 3 is 2.72 bits per heavy atom. The van der Waals surface area contributed by atoms with Gasteiger partial charge in [0.25, 0.3) is 0 Å². The van der Waals surface area contributed by atoms with Crippen LogP contribution in [-0.2, 0) is 20.4 Å². The van der Waals surface area contributed by atoms with Gasteiger partial charge in [0.15, 0.2) is 0 Å². The Labute approximate surface area is 107 Å². The lowest BCUT2D eigenvalue weighted by Gasteiger charge is -2.16. The topological polar surface area (TPSA) is 77.0 Å². The zero-order valence-corrected chi connectivity index (χ0v) is 11.1. The van der Waals surface area contributed by atoms with Crippen LogP contribution >= 0.6 is 8.60 Å². The number of ether oxygens (including phenoxy) is 1. The average molecular weight is 273 g/mol. The molecule has 2 N–H and O–H groups in total. The summed E-state index contributed by atoms with van der Waals surface area (Å²) in [4.78, 5) is 20.4. The smallest absolute Gasteiger partial charge is 0.409 e. The van der Waals surface area contributed by atoms with E-state index in [1.807, 2.05) is 30.3 Å². The maximum atomic E-state index is 11.4. The Morgan fingerprint density at radius 2 is 2.11 bits per heavy atom. The Hall–Kier alpha value is -1.20. The van der Waals surface area contributed by atoms with Crippen LogP contribution < -0.4 is 5.32 Å². The fraction of sp³-hybridized carbons (Fsp3) is 0.364. The molecule has 0 saturated heterocycles. The number of hydrogen-bond donors (Lipinski definition) is 2. The largest absolute Gasteiger partial charge is 0.445 e. The monoisotopic (exact) mass is 273 g/mol. The van der Waals surface area contributed by atoms with Crippen LogP contribution in [0.4, 0.5) is 4.79 Å². The second-order valence-corrected chi connectivity index (χ2v) is 4.43. The van der Waals surface area contributed by atoms with Gasteiger partial charge in [-0.25, -0.2) is 4.79 Å². The molecule has 2 atom stereocenters. The van der Waals surface area contributed by atoms with Crippen molar-refractivity contribution in [1.29, 1.82) is 0 Å². The zero-order chi connectivity index (χ0) is 13.4. The molecule has 0 aromatic heterocycles. The second kappa shape index (κ2) is 8.00. The molecule has 1 aromatic carbocycles. The molecule has 0 spiro atoms. The Kier molecular flexibility index (Phi) is 6.60. The van der Waals surface area contributed by atoms with E-state index in [2.05, 4.69) is 9.84 Å². The molecule has 18 heavy (non-hydrogen) atoms. The van der Waals surface area contributed by atoms with E-state index in [0.29, 0.717) is 0 Å². The summed E-state index contributed by atoms with van der Waals surface area (Å²) in [6.45, 7) is 1.74. The lowest BCUT2D eigenvalue weighted by molar-refractivity contribution is 0.103. The molecule has 100 valence electrons. The molecule has 0 bridgehead atoms. The molecule has 0 aliphatic carbocycles. The Morgan fingerprint density at radius 1 is 1.44 bits per heavy atom. The van der Waals surface area contributed by atoms with Crippen LogP contribution in [0.2, 0.25) is 0 Å². The van der Waals surface area contributed by atoms with Gasteiger partial charge in [0.05, 0.1) is 0 Å². The first-order valence-corrected chi connectivity index (χ1v) is 6.42. The number of rotatable bonds is 6. The van der Waals surface area contributed by atoms with E-state index in [-0.39, 0.29) is 6.61 Å². The van der Waals surface area contributed by atoms with Crippen molar-refractivity contribution in [2.24, 2.45) is 0 Å². The fourth-order valence-corrected chi connectivity index (χ4v) is 1.54. The number of benzene rings is 1. The molecule has 6 nitrogen and oxygen atoms in total. The first-order valence-electron chi connectivity index (χ1n) is 5.29. The summed E-state index contributed by atoms with van der Waals surface area (Å²) in [5, 5.41) is 2.41. The van der Waals surface area contributed by atoms with Crippen molar-refractivity contribution in [3.05, 3.63) is 35.9 Å². The average Bonchev–Trinajstić information content (AvgIpc) is 2.37. The summed E-state index contributed by atoms with van der Waals surface area (Å²) in [5.41, 5.74) is 0.891. The van der Waals surface area contributed by atoms with Crippen LogP contribution in [0, 0.1) is 0 Å². The van der Waals surface area contributed by atoms with Crippen molar-refractivity contribution in [2.45, 2.75) is 19.8 Å². The van der Waals surface area contributed by atoms with Crippen LogP contribution in [0.3, 0.4) is 0 Å². The van der Waals surface area contributed by atoms with Gasteiger partial charge < -0.3 is 14.2 Å². The predicted molar refractivity (Wildman–Crippen MR) is 66.5 cm³/mol. The number of amides is 1. The molecule has 1 rings (SSSR count). The van der Waals surface area contributed by atoms with Gasteiger partial charge in [-0.2, -0.15) is 0 Å². The first kappa shape index (κ1) is 14.9. The molecule has 0 radical (unpaired) electrons. The number of carbonyl (C=O) groups is 1. The highest BCUT2D eigenvalue weighted by Gasteiger charge is 2.13. The van der Waals surface area contributed by atoms with Gasteiger partial charge in [-0.15, -0.1) is 0 Å². The van der Waals surface area contributed by atoms with Gasteiger partial charge in [0.1, 0.15) is 12.8 Å². The molecule has 1 aromatic rings. The standard InChI is InChI=1S/C11H16NO5P/c1-9(17-18(14)15-2)12-11(13)16-8-10-6-4-3-5-7-10/h3-7,9,14H,8H2,1-2H3,(H,12,13). The lowest BCUT2D eigenvalue weighted by atomic mass is 10.2. The molecular weight excluding hydrogens is 257 g/mol. The summed E-state index contributed by atoms with van der Waals surface area (Å²) in [5.74, 6) is 0. The highest BCUT2D eigenvalue weighted by Crippen LogP contribution is 2.32. The van der Waals surface area contributed by atoms with Gasteiger partial charge in [-0.05, 0) is 12.5 Å². The summed E-state index contributed by atoms with van der Waals surface area (Å²) in [6, 6.07) is 9.31. The molecule has 0 saturated carbocycles. The fourth-order valence-electron chi connectivity index (χ4n) is 1.14. The van der Waals surface area contributed by atoms with Crippen LogP contribution in [-0.4, -0.2) is 24.3 Å². The van der Waals surface area contributed by atoms with E-state index in [4.69, 9.17) is 14.2 Å². The van der Waals surface area contributed by atoms with E-state index in [1.165, 1.54) is 7.11 Å². The molecule has 1 amide bonds. The normalized spacial score (nSPS) is 13.7. The highest BCUT2D eigenvalue weighted by molar-refractivity contribution is 7.40. The zero-order valence-electron chi connectivity index (χ0n) is 10.2. The van der Waals surface area contributed by atoms with Gasteiger partial charge in [0.2, 0.25) is 0 Å². The van der Waals surface area contributed by atoms with E-state index in [1.54, 1.807) is 6.92 Å². The van der Waals surface area contributed by atoms with Crippen molar-refractivity contribution in [3.63, 3.8) is 0 Å². The molecule has 0 heterocycles. The number of alkyl carbamates (subject to hydrolysis) is 1. The minimum Gasteiger partial charge on any atom is -0.445 e. The molecule has 7 heteroatoms. The summed E-state index contributed by atoms with van der Waals surface area (Å²) in [7, 11) is -0.660. The minimum absolute atomic E-state index is 0.178. The maximum absolute atomic E-state index is 11.4. The molecular formula is C11H16NO5P. The number of nitrogens with one attached hydrogen (secondary N) is 1. The molecule has 0 aliphatic heterocycles. The summed E-state index contributed by atoms with van der Waals surface area (Å²) in [6.07, 6.45) is -1.31.